The molecule has 0 saturated carbocycles. The van der Waals surface area contributed by atoms with Crippen LogP contribution < -0.4 is 5.32 Å². The number of aliphatic imine (C=N–C) groups is 1. The second kappa shape index (κ2) is 11.4. The number of aromatic nitrogens is 1. The minimum atomic E-state index is -3.02. The van der Waals surface area contributed by atoms with Gasteiger partial charge in [-0.1, -0.05) is 12.1 Å². The maximum absolute atomic E-state index is 15.4. The lowest BCUT2D eigenvalue weighted by Crippen LogP contribution is -2.44. The number of ether oxygens (including phenoxy) is 1. The molecule has 2 fully saturated rings. The van der Waals surface area contributed by atoms with E-state index in [0.717, 1.165) is 0 Å². The Hall–Kier alpha value is -3.29. The summed E-state index contributed by atoms with van der Waals surface area (Å²) in [7, 11) is 0. The van der Waals surface area contributed by atoms with E-state index in [1.165, 1.54) is 23.5 Å². The highest BCUT2D eigenvalue weighted by Crippen LogP contribution is 2.44. The Morgan fingerprint density at radius 2 is 2.05 bits per heavy atom. The van der Waals surface area contributed by atoms with E-state index in [2.05, 4.69) is 10.3 Å². The Kier molecular flexibility index (Phi) is 8.20. The molecule has 2 saturated heterocycles. The largest absolute Gasteiger partial charge is 0.481 e. The van der Waals surface area contributed by atoms with Crippen molar-refractivity contribution in [2.24, 2.45) is 16.3 Å². The SMILES string of the molecule is CCOC(=O)C1=C(CN2CC(F)(F)C3CN(CC(C)(C)C(=O)O)CC32)NC(c2nccs2)=N[C@H]1c1cccc(F)c1C. The first-order chi connectivity index (χ1) is 19.8. The number of esters is 1. The zero-order valence-electron chi connectivity index (χ0n) is 23.9. The van der Waals surface area contributed by atoms with Crippen molar-refractivity contribution in [3.05, 3.63) is 63.0 Å². The van der Waals surface area contributed by atoms with Crippen molar-refractivity contribution in [3.63, 3.8) is 0 Å². The minimum Gasteiger partial charge on any atom is -0.481 e. The Morgan fingerprint density at radius 1 is 1.29 bits per heavy atom. The highest BCUT2D eigenvalue weighted by atomic mass is 32.1. The molecular weight excluding hydrogens is 571 g/mol. The van der Waals surface area contributed by atoms with Crippen LogP contribution in [0.25, 0.3) is 0 Å². The van der Waals surface area contributed by atoms with E-state index in [1.54, 1.807) is 55.1 Å². The Balaban J connectivity index is 1.54. The van der Waals surface area contributed by atoms with Crippen LogP contribution in [0.5, 0.6) is 0 Å². The van der Waals surface area contributed by atoms with Crippen LogP contribution in [-0.4, -0.2) is 89.0 Å². The Labute approximate surface area is 246 Å². The smallest absolute Gasteiger partial charge is 0.338 e. The van der Waals surface area contributed by atoms with Gasteiger partial charge in [0.2, 0.25) is 0 Å². The van der Waals surface area contributed by atoms with E-state index in [0.29, 0.717) is 27.7 Å². The molecule has 4 heterocycles. The number of hydrogen-bond donors (Lipinski definition) is 2. The normalized spacial score (nSPS) is 24.4. The molecule has 0 radical (unpaired) electrons. The number of thiazole rings is 1. The van der Waals surface area contributed by atoms with Crippen LogP contribution in [0.1, 0.15) is 42.9 Å². The first-order valence-electron chi connectivity index (χ1n) is 13.8. The van der Waals surface area contributed by atoms with Gasteiger partial charge < -0.3 is 20.1 Å². The minimum absolute atomic E-state index is 0.0453. The quantitative estimate of drug-likeness (QED) is 0.415. The highest BCUT2D eigenvalue weighted by Gasteiger charge is 2.58. The number of benzene rings is 1. The molecule has 5 rings (SSSR count). The molecule has 1 aromatic carbocycles. The van der Waals surface area contributed by atoms with E-state index >= 15 is 8.78 Å². The molecule has 9 nitrogen and oxygen atoms in total. The average Bonchev–Trinajstić information content (AvgIpc) is 3.64. The first-order valence-corrected chi connectivity index (χ1v) is 14.7. The summed E-state index contributed by atoms with van der Waals surface area (Å²) in [5.74, 6) is -5.79. The monoisotopic (exact) mass is 605 g/mol. The number of nitrogens with zero attached hydrogens (tertiary/aromatic N) is 4. The number of nitrogens with one attached hydrogen (secondary N) is 1. The standard InChI is InChI=1S/C29H34F3N5O4S/c1-5-41-26(38)22-20(12-37-15-29(31,32)18-11-36(13-21(18)37)14-28(3,4)27(39)40)34-24(25-33-9-10-42-25)35-23(22)17-7-6-8-19(30)16(17)2/h6-10,18,21,23H,5,11-15H2,1-4H3,(H,34,35)(H,39,40)/t18?,21?,23-/m0/s1. The number of alkyl halides is 2. The van der Waals surface area contributed by atoms with Gasteiger partial charge in [-0.05, 0) is 44.9 Å². The van der Waals surface area contributed by atoms with Gasteiger partial charge in [0.1, 0.15) is 11.9 Å². The second-order valence-electron chi connectivity index (χ2n) is 11.6. The molecule has 1 aromatic heterocycles. The molecule has 42 heavy (non-hydrogen) atoms. The van der Waals surface area contributed by atoms with Crippen LogP contribution in [-0.2, 0) is 14.3 Å². The van der Waals surface area contributed by atoms with Crippen molar-refractivity contribution in [3.8, 4) is 0 Å². The Bertz CT molecular complexity index is 1430. The lowest BCUT2D eigenvalue weighted by Gasteiger charge is -2.32. The summed E-state index contributed by atoms with van der Waals surface area (Å²) in [5, 5.41) is 15.1. The van der Waals surface area contributed by atoms with Gasteiger partial charge in [0.25, 0.3) is 5.92 Å². The van der Waals surface area contributed by atoms with E-state index in [-0.39, 0.29) is 38.4 Å². The van der Waals surface area contributed by atoms with Crippen molar-refractivity contribution in [2.45, 2.75) is 45.7 Å². The predicted molar refractivity (Wildman–Crippen MR) is 151 cm³/mol. The van der Waals surface area contributed by atoms with Gasteiger partial charge in [-0.15, -0.1) is 11.3 Å². The third-order valence-corrected chi connectivity index (χ3v) is 8.99. The number of rotatable bonds is 9. The summed E-state index contributed by atoms with van der Waals surface area (Å²) in [6, 6.07) is 3.03. The Morgan fingerprint density at radius 3 is 2.71 bits per heavy atom. The fourth-order valence-electron chi connectivity index (χ4n) is 6.05. The number of likely N-dealkylation sites (tertiary alicyclic amines) is 2. The lowest BCUT2D eigenvalue weighted by molar-refractivity contribution is -0.148. The van der Waals surface area contributed by atoms with E-state index in [4.69, 9.17) is 9.73 Å². The number of halogens is 3. The van der Waals surface area contributed by atoms with Crippen LogP contribution >= 0.6 is 11.3 Å². The van der Waals surface area contributed by atoms with E-state index in [1.807, 2.05) is 0 Å². The maximum Gasteiger partial charge on any atom is 0.338 e. The number of aliphatic carboxylic acids is 1. The fraction of sp³-hybridized carbons (Fsp3) is 0.517. The van der Waals surface area contributed by atoms with Gasteiger partial charge in [-0.25, -0.2) is 22.9 Å². The van der Waals surface area contributed by atoms with E-state index in [9.17, 15) is 19.1 Å². The molecule has 0 amide bonds. The van der Waals surface area contributed by atoms with Crippen LogP contribution in [0.4, 0.5) is 13.2 Å². The van der Waals surface area contributed by atoms with Crippen molar-refractivity contribution >= 4 is 29.1 Å². The molecule has 2 aromatic rings. The molecule has 0 aliphatic carbocycles. The third kappa shape index (κ3) is 5.69. The summed E-state index contributed by atoms with van der Waals surface area (Å²) in [6.45, 7) is 6.40. The topological polar surface area (TPSA) is 107 Å². The number of carbonyl (C=O) groups is 2. The zero-order valence-corrected chi connectivity index (χ0v) is 24.7. The summed E-state index contributed by atoms with van der Waals surface area (Å²) >= 11 is 1.32. The summed E-state index contributed by atoms with van der Waals surface area (Å²) in [6.07, 6.45) is 1.61. The number of fused-ring (bicyclic) bond motifs is 1. The van der Waals surface area contributed by atoms with Gasteiger partial charge >= 0.3 is 11.9 Å². The number of carbonyl (C=O) groups excluding carboxylic acids is 1. The maximum atomic E-state index is 15.4. The summed E-state index contributed by atoms with van der Waals surface area (Å²) < 4.78 is 50.9. The van der Waals surface area contributed by atoms with Crippen molar-refractivity contribution in [2.75, 3.05) is 39.3 Å². The molecule has 3 atom stereocenters. The van der Waals surface area contributed by atoms with Gasteiger partial charge in [0, 0.05) is 49.5 Å². The zero-order chi connectivity index (χ0) is 30.4. The molecule has 2 unspecified atom stereocenters. The average molecular weight is 606 g/mol. The van der Waals surface area contributed by atoms with Gasteiger partial charge in [0.15, 0.2) is 10.8 Å². The number of hydrogen-bond acceptors (Lipinski definition) is 9. The van der Waals surface area contributed by atoms with Crippen LogP contribution in [0.3, 0.4) is 0 Å². The van der Waals surface area contributed by atoms with E-state index < -0.39 is 53.6 Å². The van der Waals surface area contributed by atoms with Crippen LogP contribution in [0.2, 0.25) is 0 Å². The fourth-order valence-corrected chi connectivity index (χ4v) is 6.64. The predicted octanol–water partition coefficient (Wildman–Crippen LogP) is 3.86. The van der Waals surface area contributed by atoms with Gasteiger partial charge in [-0.3, -0.25) is 14.7 Å². The van der Waals surface area contributed by atoms with Crippen LogP contribution in [0, 0.1) is 24.1 Å². The number of amidine groups is 1. The third-order valence-electron chi connectivity index (χ3n) is 8.21. The molecule has 13 heteroatoms. The second-order valence-corrected chi connectivity index (χ2v) is 12.5. The first kappa shape index (κ1) is 30.2. The molecule has 3 aliphatic heterocycles. The van der Waals surface area contributed by atoms with Crippen molar-refractivity contribution in [1.82, 2.24) is 20.1 Å². The summed E-state index contributed by atoms with van der Waals surface area (Å²) in [4.78, 5) is 37.7. The molecule has 3 aliphatic rings. The number of carboxylic acid groups (broad SMARTS) is 1. The lowest BCUT2D eigenvalue weighted by atomic mass is 9.92. The summed E-state index contributed by atoms with van der Waals surface area (Å²) in [5.41, 5.74) is 0.132. The highest BCUT2D eigenvalue weighted by molar-refractivity contribution is 7.11. The number of carboxylic acids is 1. The molecular formula is C29H34F3N5O4S. The van der Waals surface area contributed by atoms with Crippen LogP contribution in [0.15, 0.2) is 46.0 Å². The van der Waals surface area contributed by atoms with Gasteiger partial charge in [0.05, 0.1) is 30.1 Å². The molecule has 226 valence electrons. The van der Waals surface area contributed by atoms with Gasteiger partial charge in [-0.2, -0.15) is 0 Å². The molecule has 2 N–H and O–H groups in total. The molecule has 0 spiro atoms. The van der Waals surface area contributed by atoms with Crippen molar-refractivity contribution in [1.29, 1.82) is 0 Å². The molecule has 0 bridgehead atoms. The van der Waals surface area contributed by atoms with Crippen molar-refractivity contribution < 1.29 is 32.6 Å².